The number of carbonyl (C=O) groups excluding carboxylic acids is 1. The second-order valence-corrected chi connectivity index (χ2v) is 5.40. The molecule has 1 aliphatic carbocycles. The van der Waals surface area contributed by atoms with Gasteiger partial charge in [-0.1, -0.05) is 5.16 Å². The van der Waals surface area contributed by atoms with Crippen LogP contribution >= 0.6 is 0 Å². The molecule has 1 aliphatic rings. The molecule has 0 aliphatic heterocycles. The third-order valence-corrected chi connectivity index (χ3v) is 3.43. The van der Waals surface area contributed by atoms with Gasteiger partial charge < -0.3 is 16.0 Å². The molecule has 0 radical (unpaired) electrons. The number of nitrogens with two attached hydrogens (primary N) is 2. The largest absolute Gasteiger partial charge is 0.383 e. The highest BCUT2D eigenvalue weighted by Crippen LogP contribution is 2.41. The van der Waals surface area contributed by atoms with Gasteiger partial charge in [0.2, 0.25) is 0 Å². The molecule has 7 nitrogen and oxygen atoms in total. The molecule has 106 valence electrons. The molecular formula is C13H17N5O2. The number of anilines is 1. The molecule has 0 bridgehead atoms. The minimum absolute atomic E-state index is 0.0247. The summed E-state index contributed by atoms with van der Waals surface area (Å²) in [6, 6.07) is 1.84. The van der Waals surface area contributed by atoms with E-state index >= 15 is 0 Å². The van der Waals surface area contributed by atoms with Crippen LogP contribution in [0.2, 0.25) is 0 Å². The number of nitrogen functional groups attached to an aromatic ring is 1. The van der Waals surface area contributed by atoms with Crippen molar-refractivity contribution in [2.45, 2.75) is 38.6 Å². The van der Waals surface area contributed by atoms with Gasteiger partial charge in [-0.15, -0.1) is 0 Å². The van der Waals surface area contributed by atoms with Gasteiger partial charge in [0, 0.05) is 18.0 Å². The zero-order valence-corrected chi connectivity index (χ0v) is 11.5. The Hall–Kier alpha value is -2.31. The maximum absolute atomic E-state index is 11.6. The molecule has 3 rings (SSSR count). The minimum Gasteiger partial charge on any atom is -0.383 e. The maximum Gasteiger partial charge on any atom is 0.254 e. The van der Waals surface area contributed by atoms with Gasteiger partial charge in [0.05, 0.1) is 0 Å². The summed E-state index contributed by atoms with van der Waals surface area (Å²) in [7, 11) is 0. The van der Waals surface area contributed by atoms with E-state index < -0.39 is 5.91 Å². The maximum atomic E-state index is 11.6. The predicted molar refractivity (Wildman–Crippen MR) is 73.0 cm³/mol. The van der Waals surface area contributed by atoms with Gasteiger partial charge in [-0.05, 0) is 26.7 Å². The number of hydrogen-bond donors (Lipinski definition) is 2. The first-order valence-electron chi connectivity index (χ1n) is 6.63. The molecular weight excluding hydrogens is 258 g/mol. The van der Waals surface area contributed by atoms with E-state index in [0.29, 0.717) is 17.3 Å². The molecule has 0 atom stereocenters. The second-order valence-electron chi connectivity index (χ2n) is 5.40. The van der Waals surface area contributed by atoms with Gasteiger partial charge in [-0.3, -0.25) is 4.79 Å². The van der Waals surface area contributed by atoms with E-state index in [-0.39, 0.29) is 17.4 Å². The third-order valence-electron chi connectivity index (χ3n) is 3.43. The molecule has 0 aromatic carbocycles. The molecule has 4 N–H and O–H groups in total. The fraction of sp³-hybridized carbons (Fsp3) is 0.462. The van der Waals surface area contributed by atoms with E-state index in [1.807, 2.05) is 19.9 Å². The van der Waals surface area contributed by atoms with Crippen molar-refractivity contribution in [2.75, 3.05) is 5.73 Å². The van der Waals surface area contributed by atoms with Crippen LogP contribution in [0.3, 0.4) is 0 Å². The zero-order valence-electron chi connectivity index (χ0n) is 11.5. The van der Waals surface area contributed by atoms with Crippen LogP contribution < -0.4 is 11.5 Å². The normalized spacial score (nSPS) is 14.9. The molecule has 1 saturated carbocycles. The highest BCUT2D eigenvalue weighted by molar-refractivity contribution is 6.02. The van der Waals surface area contributed by atoms with Crippen LogP contribution in [0.4, 0.5) is 5.82 Å². The highest BCUT2D eigenvalue weighted by atomic mass is 16.5. The summed E-state index contributed by atoms with van der Waals surface area (Å²) in [5.41, 5.74) is 12.5. The molecule has 2 heterocycles. The molecule has 2 aromatic rings. The van der Waals surface area contributed by atoms with Crippen LogP contribution in [0.1, 0.15) is 54.8 Å². The number of primary amides is 1. The highest BCUT2D eigenvalue weighted by Gasteiger charge is 2.30. The smallest absolute Gasteiger partial charge is 0.254 e. The summed E-state index contributed by atoms with van der Waals surface area (Å²) in [5.74, 6) is 0.921. The Morgan fingerprint density at radius 3 is 2.75 bits per heavy atom. The van der Waals surface area contributed by atoms with Gasteiger partial charge in [0.25, 0.3) is 5.91 Å². The van der Waals surface area contributed by atoms with Crippen LogP contribution in [-0.2, 0) is 0 Å². The first-order valence-corrected chi connectivity index (χ1v) is 6.63. The first-order chi connectivity index (χ1) is 9.49. The Bertz CT molecular complexity index is 666. The fourth-order valence-corrected chi connectivity index (χ4v) is 2.22. The SMILES string of the molecule is CC(C)n1nc(-c2cc(C3CC3)on2)c(C(N)=O)c1N. The van der Waals surface area contributed by atoms with Crippen molar-refractivity contribution in [1.82, 2.24) is 14.9 Å². The van der Waals surface area contributed by atoms with E-state index in [1.165, 1.54) is 0 Å². The van der Waals surface area contributed by atoms with Crippen molar-refractivity contribution in [3.63, 3.8) is 0 Å². The average Bonchev–Trinajstić information content (AvgIpc) is 2.99. The third kappa shape index (κ3) is 1.95. The van der Waals surface area contributed by atoms with E-state index in [0.717, 1.165) is 18.6 Å². The topological polar surface area (TPSA) is 113 Å². The van der Waals surface area contributed by atoms with Crippen LogP contribution in [-0.4, -0.2) is 20.8 Å². The lowest BCUT2D eigenvalue weighted by atomic mass is 10.1. The zero-order chi connectivity index (χ0) is 14.4. The number of rotatable bonds is 4. The number of hydrogen-bond acceptors (Lipinski definition) is 5. The standard InChI is InChI=1S/C13H17N5O2/c1-6(2)18-12(14)10(13(15)19)11(16-18)8-5-9(20-17-8)7-3-4-7/h5-7H,3-4,14H2,1-2H3,(H2,15,19). The summed E-state index contributed by atoms with van der Waals surface area (Å²) in [5, 5.41) is 8.35. The minimum atomic E-state index is -0.611. The van der Waals surface area contributed by atoms with Crippen LogP contribution in [0, 0.1) is 0 Å². The summed E-state index contributed by atoms with van der Waals surface area (Å²) in [4.78, 5) is 11.6. The summed E-state index contributed by atoms with van der Waals surface area (Å²) >= 11 is 0. The van der Waals surface area contributed by atoms with Gasteiger partial charge in [-0.2, -0.15) is 5.10 Å². The molecule has 20 heavy (non-hydrogen) atoms. The monoisotopic (exact) mass is 275 g/mol. The van der Waals surface area contributed by atoms with Crippen molar-refractivity contribution in [3.05, 3.63) is 17.4 Å². The van der Waals surface area contributed by atoms with Crippen molar-refractivity contribution in [2.24, 2.45) is 5.73 Å². The molecule has 0 unspecified atom stereocenters. The lowest BCUT2D eigenvalue weighted by Crippen LogP contribution is -2.15. The van der Waals surface area contributed by atoms with Crippen LogP contribution in [0.15, 0.2) is 10.6 Å². The van der Waals surface area contributed by atoms with E-state index in [4.69, 9.17) is 16.0 Å². The lowest BCUT2D eigenvalue weighted by molar-refractivity contribution is 0.100. The predicted octanol–water partition coefficient (Wildman–Crippen LogP) is 1.68. The molecule has 7 heteroatoms. The Labute approximate surface area is 115 Å². The Morgan fingerprint density at radius 2 is 2.20 bits per heavy atom. The number of amides is 1. The quantitative estimate of drug-likeness (QED) is 0.881. The summed E-state index contributed by atoms with van der Waals surface area (Å²) < 4.78 is 6.87. The van der Waals surface area contributed by atoms with E-state index in [2.05, 4.69) is 10.3 Å². The number of carbonyl (C=O) groups is 1. The Balaban J connectivity index is 2.10. The van der Waals surface area contributed by atoms with E-state index in [1.54, 1.807) is 4.68 Å². The van der Waals surface area contributed by atoms with Crippen molar-refractivity contribution >= 4 is 11.7 Å². The van der Waals surface area contributed by atoms with Crippen molar-refractivity contribution < 1.29 is 9.32 Å². The Morgan fingerprint density at radius 1 is 1.50 bits per heavy atom. The lowest BCUT2D eigenvalue weighted by Gasteiger charge is -2.06. The van der Waals surface area contributed by atoms with Gasteiger partial charge in [0.15, 0.2) is 0 Å². The fourth-order valence-electron chi connectivity index (χ4n) is 2.22. The van der Waals surface area contributed by atoms with Crippen LogP contribution in [0.25, 0.3) is 11.4 Å². The average molecular weight is 275 g/mol. The molecule has 0 saturated heterocycles. The molecule has 2 aromatic heterocycles. The van der Waals surface area contributed by atoms with Crippen molar-refractivity contribution in [3.8, 4) is 11.4 Å². The molecule has 1 amide bonds. The molecule has 1 fully saturated rings. The second kappa shape index (κ2) is 4.36. The van der Waals surface area contributed by atoms with Crippen LogP contribution in [0.5, 0.6) is 0 Å². The van der Waals surface area contributed by atoms with E-state index in [9.17, 15) is 4.79 Å². The molecule has 0 spiro atoms. The van der Waals surface area contributed by atoms with Gasteiger partial charge >= 0.3 is 0 Å². The van der Waals surface area contributed by atoms with Crippen molar-refractivity contribution in [1.29, 1.82) is 0 Å². The number of nitrogens with zero attached hydrogens (tertiary/aromatic N) is 3. The summed E-state index contributed by atoms with van der Waals surface area (Å²) in [6.45, 7) is 3.85. The first kappa shape index (κ1) is 12.7. The number of aromatic nitrogens is 3. The van der Waals surface area contributed by atoms with Gasteiger partial charge in [-0.25, -0.2) is 4.68 Å². The van der Waals surface area contributed by atoms with Gasteiger partial charge in [0.1, 0.15) is 28.5 Å². The Kier molecular flexibility index (Phi) is 2.77. The summed E-state index contributed by atoms with van der Waals surface area (Å²) in [6.07, 6.45) is 2.22.